The molecule has 0 radical (unpaired) electrons. The molecule has 0 aromatic rings. The van der Waals surface area contributed by atoms with Crippen LogP contribution in [0.5, 0.6) is 0 Å². The first-order valence-corrected chi connectivity index (χ1v) is 8.64. The molecule has 1 unspecified atom stereocenters. The Morgan fingerprint density at radius 1 is 1.24 bits per heavy atom. The summed E-state index contributed by atoms with van der Waals surface area (Å²) in [6.07, 6.45) is 2.50. The van der Waals surface area contributed by atoms with Crippen LogP contribution in [-0.4, -0.2) is 76.8 Å². The molecule has 2 heterocycles. The van der Waals surface area contributed by atoms with Crippen molar-refractivity contribution in [1.82, 2.24) is 9.80 Å². The van der Waals surface area contributed by atoms with Crippen molar-refractivity contribution >= 4 is 23.8 Å². The molecule has 1 N–H and O–H groups in total. The first-order chi connectivity index (χ1) is 10.1. The van der Waals surface area contributed by atoms with Crippen molar-refractivity contribution in [2.24, 2.45) is 0 Å². The van der Waals surface area contributed by atoms with E-state index in [0.29, 0.717) is 18.3 Å². The van der Waals surface area contributed by atoms with Crippen LogP contribution < -0.4 is 0 Å². The van der Waals surface area contributed by atoms with Gasteiger partial charge in [0.2, 0.25) is 0 Å². The fourth-order valence-corrected chi connectivity index (χ4v) is 3.92. The highest BCUT2D eigenvalue weighted by Gasteiger charge is 2.29. The monoisotopic (exact) mass is 316 g/mol. The Morgan fingerprint density at radius 3 is 2.57 bits per heavy atom. The minimum atomic E-state index is -0.940. The number of piperidine rings is 1. The Bertz CT molecular complexity index is 372. The Labute approximate surface area is 129 Å². The maximum Gasteiger partial charge on any atom is 0.329 e. The highest BCUT2D eigenvalue weighted by molar-refractivity contribution is 8.00. The Kier molecular flexibility index (Phi) is 6.17. The van der Waals surface area contributed by atoms with Gasteiger partial charge in [-0.15, -0.1) is 0 Å². The molecule has 2 aliphatic heterocycles. The number of thioether (sulfide) groups is 1. The molecule has 2 aliphatic rings. The first kappa shape index (κ1) is 16.4. The van der Waals surface area contributed by atoms with Crippen molar-refractivity contribution in [1.29, 1.82) is 0 Å². The number of hydrogen-bond acceptors (Lipinski definition) is 4. The van der Waals surface area contributed by atoms with Gasteiger partial charge in [0.1, 0.15) is 6.61 Å². The van der Waals surface area contributed by atoms with E-state index in [1.807, 2.05) is 21.6 Å². The molecule has 0 saturated carbocycles. The van der Waals surface area contributed by atoms with Crippen molar-refractivity contribution in [3.05, 3.63) is 0 Å². The number of nitrogens with zero attached hydrogens (tertiary/aromatic N) is 2. The molecule has 0 aliphatic carbocycles. The van der Waals surface area contributed by atoms with E-state index >= 15 is 0 Å². The maximum atomic E-state index is 12.5. The quantitative estimate of drug-likeness (QED) is 0.851. The fraction of sp³-hybridized carbons (Fsp3) is 0.857. The lowest BCUT2D eigenvalue weighted by Crippen LogP contribution is -2.51. The minimum absolute atomic E-state index is 0.0366. The van der Waals surface area contributed by atoms with E-state index in [9.17, 15) is 9.59 Å². The second-order valence-corrected chi connectivity index (χ2v) is 6.93. The van der Waals surface area contributed by atoms with Gasteiger partial charge < -0.3 is 19.6 Å². The van der Waals surface area contributed by atoms with Gasteiger partial charge in [-0.25, -0.2) is 9.59 Å². The van der Waals surface area contributed by atoms with E-state index in [0.717, 1.165) is 38.1 Å². The number of amides is 2. The number of carboxylic acid groups (broad SMARTS) is 1. The van der Waals surface area contributed by atoms with E-state index in [4.69, 9.17) is 9.84 Å². The zero-order valence-corrected chi connectivity index (χ0v) is 13.3. The van der Waals surface area contributed by atoms with E-state index in [1.165, 1.54) is 0 Å². The number of carbonyl (C=O) groups excluding carboxylic acids is 1. The van der Waals surface area contributed by atoms with Crippen LogP contribution in [0.2, 0.25) is 0 Å². The van der Waals surface area contributed by atoms with Gasteiger partial charge in [-0.2, -0.15) is 11.8 Å². The molecule has 0 bridgehead atoms. The molecule has 2 saturated heterocycles. The molecule has 0 aromatic carbocycles. The summed E-state index contributed by atoms with van der Waals surface area (Å²) in [5.74, 6) is 0.0764. The Balaban J connectivity index is 1.76. The zero-order valence-electron chi connectivity index (χ0n) is 12.5. The number of carboxylic acids is 1. The molecule has 6 nitrogen and oxygen atoms in total. The molecule has 2 amide bonds. The largest absolute Gasteiger partial charge is 0.480 e. The summed E-state index contributed by atoms with van der Waals surface area (Å²) in [7, 11) is 0. The number of likely N-dealkylation sites (tertiary alicyclic amines) is 1. The lowest BCUT2D eigenvalue weighted by molar-refractivity contribution is -0.145. The van der Waals surface area contributed by atoms with Crippen LogP contribution in [0.3, 0.4) is 0 Å². The fourth-order valence-electron chi connectivity index (χ4n) is 2.74. The summed E-state index contributed by atoms with van der Waals surface area (Å²) in [6.45, 7) is 4.90. The van der Waals surface area contributed by atoms with Crippen molar-refractivity contribution in [3.63, 3.8) is 0 Å². The lowest BCUT2D eigenvalue weighted by Gasteiger charge is -2.38. The van der Waals surface area contributed by atoms with Crippen molar-refractivity contribution in [2.45, 2.75) is 37.5 Å². The van der Waals surface area contributed by atoms with E-state index in [2.05, 4.69) is 6.92 Å². The van der Waals surface area contributed by atoms with Crippen molar-refractivity contribution < 1.29 is 19.4 Å². The van der Waals surface area contributed by atoms with Gasteiger partial charge in [-0.3, -0.25) is 0 Å². The zero-order chi connectivity index (χ0) is 15.2. The number of aliphatic carboxylic acids is 1. The van der Waals surface area contributed by atoms with Crippen molar-refractivity contribution in [2.75, 3.05) is 38.5 Å². The Hall–Kier alpha value is -0.950. The molecule has 2 rings (SSSR count). The summed E-state index contributed by atoms with van der Waals surface area (Å²) >= 11 is 1.95. The van der Waals surface area contributed by atoms with Gasteiger partial charge in [0, 0.05) is 37.2 Å². The van der Waals surface area contributed by atoms with Crippen LogP contribution in [0.1, 0.15) is 26.2 Å². The second-order valence-electron chi connectivity index (χ2n) is 5.52. The van der Waals surface area contributed by atoms with Gasteiger partial charge in [-0.05, 0) is 19.3 Å². The molecular formula is C14H24N2O4S. The number of carbonyl (C=O) groups is 2. The van der Waals surface area contributed by atoms with Gasteiger partial charge in [0.25, 0.3) is 0 Å². The number of urea groups is 1. The summed E-state index contributed by atoms with van der Waals surface area (Å²) < 4.78 is 5.30. The summed E-state index contributed by atoms with van der Waals surface area (Å²) in [4.78, 5) is 26.8. The normalized spacial score (nSPS) is 24.1. The smallest absolute Gasteiger partial charge is 0.329 e. The molecule has 0 spiro atoms. The number of ether oxygens (including phenoxy) is 1. The highest BCUT2D eigenvalue weighted by Crippen LogP contribution is 2.23. The predicted molar refractivity (Wildman–Crippen MR) is 81.7 cm³/mol. The Morgan fingerprint density at radius 2 is 1.95 bits per heavy atom. The average molecular weight is 316 g/mol. The molecule has 0 aromatic heterocycles. The molecule has 21 heavy (non-hydrogen) atoms. The second kappa shape index (κ2) is 7.89. The summed E-state index contributed by atoms with van der Waals surface area (Å²) in [6, 6.07) is 0.130. The minimum Gasteiger partial charge on any atom is -0.480 e. The van der Waals surface area contributed by atoms with Crippen LogP contribution >= 0.6 is 11.8 Å². The third-order valence-electron chi connectivity index (χ3n) is 4.02. The number of hydrogen-bond donors (Lipinski definition) is 1. The topological polar surface area (TPSA) is 70.1 Å². The maximum absolute atomic E-state index is 12.5. The van der Waals surface area contributed by atoms with Crippen molar-refractivity contribution in [3.8, 4) is 0 Å². The van der Waals surface area contributed by atoms with E-state index < -0.39 is 5.97 Å². The highest BCUT2D eigenvalue weighted by atomic mass is 32.2. The predicted octanol–water partition coefficient (Wildman–Crippen LogP) is 1.50. The molecule has 7 heteroatoms. The van der Waals surface area contributed by atoms with Gasteiger partial charge in [0.15, 0.2) is 0 Å². The van der Waals surface area contributed by atoms with E-state index in [1.54, 1.807) is 0 Å². The molecular weight excluding hydrogens is 292 g/mol. The summed E-state index contributed by atoms with van der Waals surface area (Å²) in [5.41, 5.74) is 0. The average Bonchev–Trinajstić information content (AvgIpc) is 2.52. The van der Waals surface area contributed by atoms with Crippen LogP contribution in [0.25, 0.3) is 0 Å². The van der Waals surface area contributed by atoms with Crippen LogP contribution in [0, 0.1) is 0 Å². The van der Waals surface area contributed by atoms with E-state index in [-0.39, 0.29) is 18.7 Å². The van der Waals surface area contributed by atoms with Gasteiger partial charge in [-0.1, -0.05) is 6.92 Å². The number of rotatable bonds is 4. The molecule has 1 atom stereocenters. The molecule has 120 valence electrons. The third-order valence-corrected chi connectivity index (χ3v) is 5.39. The van der Waals surface area contributed by atoms with Gasteiger partial charge in [0.05, 0.1) is 6.10 Å². The first-order valence-electron chi connectivity index (χ1n) is 7.59. The lowest BCUT2D eigenvalue weighted by atomic mass is 10.1. The van der Waals surface area contributed by atoms with Crippen LogP contribution in [0.15, 0.2) is 0 Å². The summed E-state index contributed by atoms with van der Waals surface area (Å²) in [5, 5.41) is 9.16. The van der Waals surface area contributed by atoms with Crippen LogP contribution in [0.4, 0.5) is 4.79 Å². The SMILES string of the molecule is CCC1CN(C(=O)N2CCC(OCC(=O)O)CC2)CCS1. The molecule has 2 fully saturated rings. The standard InChI is InChI=1S/C14H24N2O4S/c1-2-12-9-16(7-8-21-12)14(19)15-5-3-11(4-6-15)20-10-13(17)18/h11-12H,2-10H2,1H3,(H,17,18). The van der Waals surface area contributed by atoms with Crippen LogP contribution in [-0.2, 0) is 9.53 Å². The van der Waals surface area contributed by atoms with Gasteiger partial charge >= 0.3 is 12.0 Å². The third kappa shape index (κ3) is 4.78.